The van der Waals surface area contributed by atoms with Gasteiger partial charge in [0.1, 0.15) is 0 Å². The van der Waals surface area contributed by atoms with Gasteiger partial charge in [0, 0.05) is 26.1 Å². The van der Waals surface area contributed by atoms with Gasteiger partial charge >= 0.3 is 5.97 Å². The van der Waals surface area contributed by atoms with Crippen molar-refractivity contribution in [3.63, 3.8) is 0 Å². The highest BCUT2D eigenvalue weighted by Gasteiger charge is 2.34. The first-order chi connectivity index (χ1) is 10.6. The van der Waals surface area contributed by atoms with Crippen LogP contribution in [0.15, 0.2) is 0 Å². The van der Waals surface area contributed by atoms with Gasteiger partial charge < -0.3 is 19.5 Å². The van der Waals surface area contributed by atoms with E-state index in [9.17, 15) is 9.59 Å². The summed E-state index contributed by atoms with van der Waals surface area (Å²) in [4.78, 5) is 25.6. The Hall–Kier alpha value is -1.14. The largest absolute Gasteiger partial charge is 0.481 e. The summed E-state index contributed by atoms with van der Waals surface area (Å²) in [5.74, 6) is -1.08. The number of nitrogens with zero attached hydrogens (tertiary/aromatic N) is 1. The molecule has 1 aliphatic heterocycles. The Morgan fingerprint density at radius 1 is 1.09 bits per heavy atom. The molecule has 0 radical (unpaired) electrons. The van der Waals surface area contributed by atoms with Gasteiger partial charge in [0.05, 0.1) is 25.2 Å². The fourth-order valence-electron chi connectivity index (χ4n) is 3.44. The number of carboxylic acids is 1. The minimum atomic E-state index is -0.761. The van der Waals surface area contributed by atoms with Crippen molar-refractivity contribution in [1.82, 2.24) is 4.90 Å². The highest BCUT2D eigenvalue weighted by Crippen LogP contribution is 2.31. The number of carbonyl (C=O) groups excluding carboxylic acids is 1. The maximum absolute atomic E-state index is 12.6. The van der Waals surface area contributed by atoms with Gasteiger partial charge in [-0.1, -0.05) is 6.42 Å². The van der Waals surface area contributed by atoms with Crippen LogP contribution in [0, 0.1) is 11.8 Å². The van der Waals surface area contributed by atoms with Gasteiger partial charge in [-0.05, 0) is 32.1 Å². The Kier molecular flexibility index (Phi) is 6.64. The molecule has 1 saturated heterocycles. The number of methoxy groups -OCH3 is 1. The summed E-state index contributed by atoms with van der Waals surface area (Å²) in [5, 5.41) is 9.13. The van der Waals surface area contributed by atoms with Crippen LogP contribution in [0.2, 0.25) is 0 Å². The van der Waals surface area contributed by atoms with Crippen molar-refractivity contribution < 1.29 is 24.2 Å². The molecule has 0 aromatic carbocycles. The van der Waals surface area contributed by atoms with E-state index in [1.54, 1.807) is 7.11 Å². The molecule has 2 rings (SSSR count). The number of aliphatic carboxylic acids is 1. The van der Waals surface area contributed by atoms with Gasteiger partial charge in [-0.25, -0.2) is 0 Å². The average molecular weight is 313 g/mol. The van der Waals surface area contributed by atoms with Gasteiger partial charge in [0.25, 0.3) is 0 Å². The molecule has 1 heterocycles. The van der Waals surface area contributed by atoms with Gasteiger partial charge in [0.15, 0.2) is 0 Å². The van der Waals surface area contributed by atoms with E-state index < -0.39 is 5.97 Å². The fraction of sp³-hybridized carbons (Fsp3) is 0.875. The van der Waals surface area contributed by atoms with Crippen LogP contribution in [0.25, 0.3) is 0 Å². The summed E-state index contributed by atoms with van der Waals surface area (Å²) in [6, 6.07) is 0. The van der Waals surface area contributed by atoms with Gasteiger partial charge in [-0.3, -0.25) is 9.59 Å². The van der Waals surface area contributed by atoms with Crippen LogP contribution in [0.3, 0.4) is 0 Å². The number of piperidine rings is 1. The molecular formula is C16H27NO5. The van der Waals surface area contributed by atoms with Gasteiger partial charge in [-0.2, -0.15) is 0 Å². The Morgan fingerprint density at radius 3 is 2.41 bits per heavy atom. The third-order valence-corrected chi connectivity index (χ3v) is 4.77. The van der Waals surface area contributed by atoms with E-state index in [1.807, 2.05) is 4.90 Å². The van der Waals surface area contributed by atoms with Crippen LogP contribution < -0.4 is 0 Å². The van der Waals surface area contributed by atoms with Crippen molar-refractivity contribution >= 4 is 11.9 Å². The molecule has 6 heteroatoms. The number of rotatable bonds is 6. The second-order valence-corrected chi connectivity index (χ2v) is 6.29. The third-order valence-electron chi connectivity index (χ3n) is 4.77. The van der Waals surface area contributed by atoms with E-state index in [0.717, 1.165) is 25.7 Å². The molecular weight excluding hydrogens is 286 g/mol. The second kappa shape index (κ2) is 8.48. The van der Waals surface area contributed by atoms with E-state index in [0.29, 0.717) is 39.1 Å². The molecule has 6 nitrogen and oxygen atoms in total. The van der Waals surface area contributed by atoms with E-state index in [4.69, 9.17) is 14.6 Å². The quantitative estimate of drug-likeness (QED) is 0.753. The Labute approximate surface area is 131 Å². The first-order valence-electron chi connectivity index (χ1n) is 8.24. The summed E-state index contributed by atoms with van der Waals surface area (Å²) in [5.41, 5.74) is 0. The monoisotopic (exact) mass is 313 g/mol. The number of amides is 1. The Morgan fingerprint density at radius 2 is 1.77 bits per heavy atom. The highest BCUT2D eigenvalue weighted by atomic mass is 16.5. The zero-order chi connectivity index (χ0) is 15.9. The topological polar surface area (TPSA) is 76.1 Å². The maximum Gasteiger partial charge on any atom is 0.306 e. The molecule has 0 bridgehead atoms. The minimum Gasteiger partial charge on any atom is -0.481 e. The molecule has 0 spiro atoms. The molecule has 0 aromatic heterocycles. The van der Waals surface area contributed by atoms with Gasteiger partial charge in [-0.15, -0.1) is 0 Å². The molecule has 2 atom stereocenters. The van der Waals surface area contributed by atoms with Crippen molar-refractivity contribution in [1.29, 1.82) is 0 Å². The lowest BCUT2D eigenvalue weighted by atomic mass is 9.80. The molecule has 22 heavy (non-hydrogen) atoms. The summed E-state index contributed by atoms with van der Waals surface area (Å²) >= 11 is 0. The molecule has 1 amide bonds. The van der Waals surface area contributed by atoms with Crippen molar-refractivity contribution in [3.05, 3.63) is 0 Å². The fourth-order valence-corrected chi connectivity index (χ4v) is 3.44. The molecule has 2 unspecified atom stereocenters. The van der Waals surface area contributed by atoms with E-state index >= 15 is 0 Å². The number of carbonyl (C=O) groups is 2. The van der Waals surface area contributed by atoms with Crippen molar-refractivity contribution in [2.75, 3.05) is 33.4 Å². The van der Waals surface area contributed by atoms with Crippen molar-refractivity contribution in [2.24, 2.45) is 11.8 Å². The molecule has 1 N–H and O–H groups in total. The average Bonchev–Trinajstić information content (AvgIpc) is 2.55. The lowest BCUT2D eigenvalue weighted by Crippen LogP contribution is -2.45. The molecule has 0 aromatic rings. The molecule has 2 fully saturated rings. The zero-order valence-corrected chi connectivity index (χ0v) is 13.3. The number of carboxylic acid groups (broad SMARTS) is 1. The second-order valence-electron chi connectivity index (χ2n) is 6.29. The summed E-state index contributed by atoms with van der Waals surface area (Å²) in [7, 11) is 1.65. The molecule has 126 valence electrons. The van der Waals surface area contributed by atoms with Gasteiger partial charge in [0.2, 0.25) is 5.91 Å². The highest BCUT2D eigenvalue weighted by molar-refractivity contribution is 5.80. The Balaban J connectivity index is 1.76. The lowest BCUT2D eigenvalue weighted by Gasteiger charge is -2.36. The predicted molar refractivity (Wildman–Crippen MR) is 80.5 cm³/mol. The number of likely N-dealkylation sites (tertiary alicyclic amines) is 1. The minimum absolute atomic E-state index is 0.110. The Bertz CT molecular complexity index is 379. The van der Waals surface area contributed by atoms with E-state index in [2.05, 4.69) is 0 Å². The van der Waals surface area contributed by atoms with Crippen LogP contribution in [-0.4, -0.2) is 61.4 Å². The first-order valence-corrected chi connectivity index (χ1v) is 8.24. The van der Waals surface area contributed by atoms with E-state index in [-0.39, 0.29) is 23.8 Å². The van der Waals surface area contributed by atoms with Crippen molar-refractivity contribution in [3.8, 4) is 0 Å². The molecule has 1 saturated carbocycles. The van der Waals surface area contributed by atoms with Crippen LogP contribution in [0.5, 0.6) is 0 Å². The lowest BCUT2D eigenvalue weighted by molar-refractivity contribution is -0.146. The molecule has 2 aliphatic rings. The summed E-state index contributed by atoms with van der Waals surface area (Å²) < 4.78 is 10.7. The zero-order valence-electron chi connectivity index (χ0n) is 13.3. The molecule has 1 aliphatic carbocycles. The smallest absolute Gasteiger partial charge is 0.306 e. The van der Waals surface area contributed by atoms with Crippen LogP contribution in [0.4, 0.5) is 0 Å². The summed E-state index contributed by atoms with van der Waals surface area (Å²) in [6.45, 7) is 2.62. The van der Waals surface area contributed by atoms with Crippen LogP contribution >= 0.6 is 0 Å². The number of hydrogen-bond acceptors (Lipinski definition) is 4. The number of hydrogen-bond donors (Lipinski definition) is 1. The first kappa shape index (κ1) is 17.2. The normalized spacial score (nSPS) is 26.9. The van der Waals surface area contributed by atoms with E-state index in [1.165, 1.54) is 0 Å². The number of ether oxygens (including phenoxy) is 2. The van der Waals surface area contributed by atoms with Crippen molar-refractivity contribution in [2.45, 2.75) is 44.6 Å². The van der Waals surface area contributed by atoms with Crippen LogP contribution in [-0.2, 0) is 19.1 Å². The maximum atomic E-state index is 12.6. The predicted octanol–water partition coefficient (Wildman–Crippen LogP) is 1.53. The summed E-state index contributed by atoms with van der Waals surface area (Å²) in [6.07, 6.45) is 4.77. The standard InChI is InChI=1S/C16H27NO5/c1-21-9-10-22-14-5-7-17(8-6-14)15(18)12-3-2-4-13(11-12)16(19)20/h12-14H,2-11H2,1H3,(H,19,20). The van der Waals surface area contributed by atoms with Crippen LogP contribution in [0.1, 0.15) is 38.5 Å². The third kappa shape index (κ3) is 4.68. The SMILES string of the molecule is COCCOC1CCN(C(=O)C2CCCC(C(=O)O)C2)CC1.